The van der Waals surface area contributed by atoms with Crippen molar-refractivity contribution in [3.63, 3.8) is 0 Å². The molecule has 1 fully saturated rings. The summed E-state index contributed by atoms with van der Waals surface area (Å²) in [5, 5.41) is 12.4. The minimum Gasteiger partial charge on any atom is -0.298 e. The fourth-order valence-electron chi connectivity index (χ4n) is 3.53. The largest absolute Gasteiger partial charge is 0.298 e. The molecule has 0 aliphatic carbocycles. The fraction of sp³-hybridized carbons (Fsp3) is 0.316. The number of para-hydroxylation sites is 2. The van der Waals surface area contributed by atoms with Crippen LogP contribution in [0.25, 0.3) is 10.2 Å². The number of thiazole rings is 1. The van der Waals surface area contributed by atoms with Gasteiger partial charge in [0, 0.05) is 30.6 Å². The number of fused-ring (bicyclic) bond motifs is 1. The molecule has 0 saturated carbocycles. The third-order valence-corrected chi connectivity index (χ3v) is 5.95. The first-order valence-corrected chi connectivity index (χ1v) is 9.32. The molecule has 1 atom stereocenters. The standard InChI is InChI=1S/C19H19N3O2S/c23-22(24)17-9-3-1-6-14(17)12-21-11-5-7-15(13-21)19-20-16-8-2-4-10-18(16)25-19/h1-4,6,8-10,15H,5,7,11-13H2/t15-/m1/s1. The lowest BCUT2D eigenvalue weighted by Gasteiger charge is -2.31. The van der Waals surface area contributed by atoms with Crippen molar-refractivity contribution >= 4 is 27.2 Å². The Hall–Kier alpha value is -2.31. The van der Waals surface area contributed by atoms with Gasteiger partial charge in [-0.2, -0.15) is 0 Å². The molecule has 0 amide bonds. The van der Waals surface area contributed by atoms with Crippen molar-refractivity contribution in [1.29, 1.82) is 0 Å². The average molecular weight is 353 g/mol. The zero-order chi connectivity index (χ0) is 17.2. The van der Waals surface area contributed by atoms with Gasteiger partial charge in [-0.3, -0.25) is 15.0 Å². The average Bonchev–Trinajstić information content (AvgIpc) is 3.06. The molecule has 0 radical (unpaired) electrons. The summed E-state index contributed by atoms with van der Waals surface area (Å²) in [6.45, 7) is 2.51. The molecular formula is C19H19N3O2S. The molecular weight excluding hydrogens is 334 g/mol. The van der Waals surface area contributed by atoms with Crippen molar-refractivity contribution < 1.29 is 4.92 Å². The third kappa shape index (κ3) is 3.41. The minimum absolute atomic E-state index is 0.213. The van der Waals surface area contributed by atoms with E-state index in [0.717, 1.165) is 37.0 Å². The van der Waals surface area contributed by atoms with E-state index in [9.17, 15) is 10.1 Å². The van der Waals surface area contributed by atoms with Gasteiger partial charge in [0.15, 0.2) is 0 Å². The highest BCUT2D eigenvalue weighted by molar-refractivity contribution is 7.18. The van der Waals surface area contributed by atoms with Crippen LogP contribution in [-0.4, -0.2) is 27.9 Å². The number of benzene rings is 2. The van der Waals surface area contributed by atoms with Gasteiger partial charge in [-0.25, -0.2) is 4.98 Å². The SMILES string of the molecule is O=[N+]([O-])c1ccccc1CN1CCC[C@@H](c2nc3ccccc3s2)C1. The Morgan fingerprint density at radius 1 is 1.20 bits per heavy atom. The predicted octanol–water partition coefficient (Wildman–Crippen LogP) is 4.58. The van der Waals surface area contributed by atoms with Gasteiger partial charge in [-0.1, -0.05) is 30.3 Å². The molecule has 128 valence electrons. The number of nitro benzene ring substituents is 1. The lowest BCUT2D eigenvalue weighted by molar-refractivity contribution is -0.385. The second-order valence-corrected chi connectivity index (χ2v) is 7.54. The Bertz CT molecular complexity index is 875. The molecule has 6 heteroatoms. The van der Waals surface area contributed by atoms with E-state index in [1.807, 2.05) is 24.3 Å². The Morgan fingerprint density at radius 2 is 2.00 bits per heavy atom. The molecule has 1 aromatic heterocycles. The first-order valence-electron chi connectivity index (χ1n) is 8.51. The topological polar surface area (TPSA) is 59.3 Å². The number of aromatic nitrogens is 1. The maximum atomic E-state index is 11.2. The number of hydrogen-bond acceptors (Lipinski definition) is 5. The minimum atomic E-state index is -0.287. The van der Waals surface area contributed by atoms with Crippen molar-refractivity contribution in [2.45, 2.75) is 25.3 Å². The van der Waals surface area contributed by atoms with Crippen molar-refractivity contribution in [3.05, 3.63) is 69.2 Å². The van der Waals surface area contributed by atoms with Gasteiger partial charge in [0.25, 0.3) is 5.69 Å². The predicted molar refractivity (Wildman–Crippen MR) is 100.0 cm³/mol. The van der Waals surface area contributed by atoms with Crippen LogP contribution in [0, 0.1) is 10.1 Å². The summed E-state index contributed by atoms with van der Waals surface area (Å²) in [4.78, 5) is 18.1. The third-order valence-electron chi connectivity index (χ3n) is 4.75. The van der Waals surface area contributed by atoms with E-state index < -0.39 is 0 Å². The van der Waals surface area contributed by atoms with Gasteiger partial charge in [0.1, 0.15) is 0 Å². The highest BCUT2D eigenvalue weighted by Crippen LogP contribution is 2.33. The number of rotatable bonds is 4. The van der Waals surface area contributed by atoms with Crippen molar-refractivity contribution in [2.75, 3.05) is 13.1 Å². The quantitative estimate of drug-likeness (QED) is 0.509. The summed E-state index contributed by atoms with van der Waals surface area (Å²) in [5.41, 5.74) is 2.07. The molecule has 0 bridgehead atoms. The van der Waals surface area contributed by atoms with E-state index in [1.165, 1.54) is 9.71 Å². The van der Waals surface area contributed by atoms with E-state index in [4.69, 9.17) is 4.98 Å². The highest BCUT2D eigenvalue weighted by atomic mass is 32.1. The van der Waals surface area contributed by atoms with Gasteiger partial charge in [-0.15, -0.1) is 11.3 Å². The fourth-order valence-corrected chi connectivity index (χ4v) is 4.62. The number of nitrogens with zero attached hydrogens (tertiary/aromatic N) is 3. The molecule has 1 aliphatic heterocycles. The van der Waals surface area contributed by atoms with Crippen LogP contribution in [0.3, 0.4) is 0 Å². The van der Waals surface area contributed by atoms with E-state index in [-0.39, 0.29) is 10.6 Å². The summed E-state index contributed by atoms with van der Waals surface area (Å²) in [6.07, 6.45) is 2.23. The molecule has 3 aromatic rings. The molecule has 25 heavy (non-hydrogen) atoms. The zero-order valence-electron chi connectivity index (χ0n) is 13.8. The van der Waals surface area contributed by atoms with Crippen molar-refractivity contribution in [1.82, 2.24) is 9.88 Å². The van der Waals surface area contributed by atoms with Crippen LogP contribution < -0.4 is 0 Å². The maximum absolute atomic E-state index is 11.2. The Kier molecular flexibility index (Phi) is 4.46. The maximum Gasteiger partial charge on any atom is 0.273 e. The van der Waals surface area contributed by atoms with Crippen LogP contribution >= 0.6 is 11.3 Å². The smallest absolute Gasteiger partial charge is 0.273 e. The summed E-state index contributed by atoms with van der Waals surface area (Å²) in [7, 11) is 0. The monoisotopic (exact) mass is 353 g/mol. The van der Waals surface area contributed by atoms with Crippen LogP contribution in [0.5, 0.6) is 0 Å². The number of piperidine rings is 1. The molecule has 2 aromatic carbocycles. The summed E-state index contributed by atoms with van der Waals surface area (Å²) >= 11 is 1.77. The number of hydrogen-bond donors (Lipinski definition) is 0. The Morgan fingerprint density at radius 3 is 2.84 bits per heavy atom. The van der Waals surface area contributed by atoms with E-state index in [2.05, 4.69) is 17.0 Å². The molecule has 1 aliphatic rings. The first kappa shape index (κ1) is 16.2. The summed E-state index contributed by atoms with van der Waals surface area (Å²) in [6, 6.07) is 15.3. The molecule has 0 N–H and O–H groups in total. The summed E-state index contributed by atoms with van der Waals surface area (Å²) < 4.78 is 1.23. The van der Waals surface area contributed by atoms with Crippen LogP contribution in [0.2, 0.25) is 0 Å². The number of nitro groups is 1. The zero-order valence-corrected chi connectivity index (χ0v) is 14.6. The first-order chi connectivity index (χ1) is 12.2. The van der Waals surface area contributed by atoms with Gasteiger partial charge in [0.2, 0.25) is 0 Å². The molecule has 5 nitrogen and oxygen atoms in total. The Labute approximate surface area is 150 Å². The van der Waals surface area contributed by atoms with E-state index in [1.54, 1.807) is 23.5 Å². The normalized spacial score (nSPS) is 18.5. The second-order valence-electron chi connectivity index (χ2n) is 6.48. The molecule has 0 spiro atoms. The molecule has 0 unspecified atom stereocenters. The van der Waals surface area contributed by atoms with Gasteiger partial charge in [-0.05, 0) is 31.5 Å². The van der Waals surface area contributed by atoms with Crippen LogP contribution in [-0.2, 0) is 6.54 Å². The van der Waals surface area contributed by atoms with Crippen LogP contribution in [0.1, 0.15) is 29.3 Å². The van der Waals surface area contributed by atoms with Gasteiger partial charge in [0.05, 0.1) is 20.1 Å². The highest BCUT2D eigenvalue weighted by Gasteiger charge is 2.25. The molecule has 2 heterocycles. The lowest BCUT2D eigenvalue weighted by atomic mass is 9.98. The molecule has 1 saturated heterocycles. The van der Waals surface area contributed by atoms with Gasteiger partial charge >= 0.3 is 0 Å². The van der Waals surface area contributed by atoms with E-state index >= 15 is 0 Å². The number of likely N-dealkylation sites (tertiary alicyclic amines) is 1. The molecule has 4 rings (SSSR count). The van der Waals surface area contributed by atoms with Crippen LogP contribution in [0.15, 0.2) is 48.5 Å². The van der Waals surface area contributed by atoms with E-state index in [0.29, 0.717) is 12.5 Å². The van der Waals surface area contributed by atoms with Gasteiger partial charge < -0.3 is 0 Å². The van der Waals surface area contributed by atoms with Crippen molar-refractivity contribution in [3.8, 4) is 0 Å². The second kappa shape index (κ2) is 6.90. The van der Waals surface area contributed by atoms with Crippen molar-refractivity contribution in [2.24, 2.45) is 0 Å². The Balaban J connectivity index is 1.52. The lowest BCUT2D eigenvalue weighted by Crippen LogP contribution is -2.34. The van der Waals surface area contributed by atoms with Crippen LogP contribution in [0.4, 0.5) is 5.69 Å². The summed E-state index contributed by atoms with van der Waals surface area (Å²) in [5.74, 6) is 0.411.